The van der Waals surface area contributed by atoms with Crippen LogP contribution in [0.25, 0.3) is 45.0 Å². The molecule has 1 spiro atoms. The maximum atomic E-state index is 14.8. The number of carbonyl (C=O) groups excluding carboxylic acids is 2. The number of H-pyrrole nitrogens is 1. The fourth-order valence-corrected chi connectivity index (χ4v) is 14.0. The van der Waals surface area contributed by atoms with Crippen LogP contribution in [0.4, 0.5) is 49.6 Å². The molecule has 0 unspecified atom stereocenters. The van der Waals surface area contributed by atoms with Crippen molar-refractivity contribution in [1.29, 1.82) is 5.26 Å². The zero-order valence-corrected chi connectivity index (χ0v) is 54.3. The molecular weight excluding hydrogens is 1220 g/mol. The van der Waals surface area contributed by atoms with E-state index in [9.17, 15) is 41.2 Å². The van der Waals surface area contributed by atoms with Gasteiger partial charge in [-0.1, -0.05) is 40.5 Å². The van der Waals surface area contributed by atoms with Gasteiger partial charge in [0.05, 0.1) is 29.3 Å². The maximum absolute atomic E-state index is 14.8. The molecule has 1 amide bonds. The second-order valence-corrected chi connectivity index (χ2v) is 27.3. The van der Waals surface area contributed by atoms with Crippen LogP contribution in [0.3, 0.4) is 0 Å². The molecule has 13 rings (SSSR count). The van der Waals surface area contributed by atoms with E-state index in [2.05, 4.69) is 84.6 Å². The van der Waals surface area contributed by atoms with Crippen LogP contribution in [0, 0.1) is 28.6 Å². The van der Waals surface area contributed by atoms with Crippen molar-refractivity contribution in [3.8, 4) is 51.1 Å². The summed E-state index contributed by atoms with van der Waals surface area (Å²) >= 11 is 0. The predicted octanol–water partition coefficient (Wildman–Crippen LogP) is 14.4. The van der Waals surface area contributed by atoms with Crippen LogP contribution < -0.4 is 20.4 Å². The summed E-state index contributed by atoms with van der Waals surface area (Å²) in [6.45, 7) is 12.8. The number of likely N-dealkylation sites (tertiary alicyclic amines) is 2. The lowest BCUT2D eigenvalue weighted by molar-refractivity contribution is -0.139. The van der Waals surface area contributed by atoms with Crippen LogP contribution in [0.1, 0.15) is 152 Å². The van der Waals surface area contributed by atoms with Crippen molar-refractivity contribution in [2.24, 2.45) is 24.3 Å². The molecule has 0 atom stereocenters. The molecule has 8 aromatic rings. The number of hydrogen-bond donors (Lipinski definition) is 3. The zero-order chi connectivity index (χ0) is 67.0. The van der Waals surface area contributed by atoms with Gasteiger partial charge in [-0.3, -0.25) is 34.4 Å². The monoisotopic (exact) mass is 1300 g/mol. The molecule has 5 aliphatic rings. The smallest absolute Gasteiger partial charge is 0.370 e. The molecule has 3 aliphatic heterocycles. The first-order chi connectivity index (χ1) is 45.5. The summed E-state index contributed by atoms with van der Waals surface area (Å²) in [6, 6.07) is 22.3. The number of aldehydes is 1. The number of benzene rings is 3. The highest BCUT2D eigenvalue weighted by Crippen LogP contribution is 2.49. The van der Waals surface area contributed by atoms with Crippen molar-refractivity contribution < 1.29 is 35.9 Å². The van der Waals surface area contributed by atoms with Crippen molar-refractivity contribution in [2.45, 2.75) is 136 Å². The third-order valence-electron chi connectivity index (χ3n) is 19.0. The number of nitrogens with one attached hydrogen (secondary N) is 3. The van der Waals surface area contributed by atoms with Crippen LogP contribution >= 0.6 is 0 Å². The van der Waals surface area contributed by atoms with E-state index in [4.69, 9.17) is 9.97 Å². The first-order valence-electron chi connectivity index (χ1n) is 32.6. The Bertz CT molecular complexity index is 4160. The topological polar surface area (TPSA) is 206 Å². The number of alkyl halides is 6. The molecule has 496 valence electrons. The Morgan fingerprint density at radius 2 is 1.51 bits per heavy atom. The summed E-state index contributed by atoms with van der Waals surface area (Å²) in [4.78, 5) is 51.9. The summed E-state index contributed by atoms with van der Waals surface area (Å²) in [7, 11) is 3.53. The molecule has 2 saturated heterocycles. The van der Waals surface area contributed by atoms with Crippen LogP contribution in [0.5, 0.6) is 0 Å². The zero-order valence-electron chi connectivity index (χ0n) is 54.3. The number of nitriles is 1. The normalized spacial score (nSPS) is 16.8. The second-order valence-electron chi connectivity index (χ2n) is 27.3. The number of fused-ring (bicyclic) bond motifs is 1. The first kappa shape index (κ1) is 66.0. The van der Waals surface area contributed by atoms with Gasteiger partial charge in [-0.05, 0) is 200 Å². The number of aromatic amines is 1. The largest absolute Gasteiger partial charge is 0.416 e. The minimum atomic E-state index is -4.66. The molecule has 95 heavy (non-hydrogen) atoms. The summed E-state index contributed by atoms with van der Waals surface area (Å²) < 4.78 is 89.4. The minimum absolute atomic E-state index is 0.0208. The van der Waals surface area contributed by atoms with E-state index in [0.717, 1.165) is 82.3 Å². The number of amides is 1. The second kappa shape index (κ2) is 27.0. The Balaban J connectivity index is 0.000000185. The number of piperidine rings is 1. The number of carbonyl (C=O) groups is 2. The third-order valence-corrected chi connectivity index (χ3v) is 19.0. The van der Waals surface area contributed by atoms with E-state index in [1.165, 1.54) is 42.6 Å². The molecule has 5 aromatic heterocycles. The average Bonchev–Trinajstić information content (AvgIpc) is 1.67. The highest BCUT2D eigenvalue weighted by molar-refractivity contribution is 6.10. The fraction of sp³-hybridized carbons (Fsp3) is 0.437. The average molecular weight is 1300 g/mol. The number of pyridine rings is 3. The third kappa shape index (κ3) is 14.8. The van der Waals surface area contributed by atoms with Crippen LogP contribution in [-0.2, 0) is 45.6 Å². The molecule has 0 radical (unpaired) electrons. The van der Waals surface area contributed by atoms with Gasteiger partial charge in [0, 0.05) is 92.6 Å². The fourth-order valence-electron chi connectivity index (χ4n) is 14.0. The van der Waals surface area contributed by atoms with Gasteiger partial charge in [0.25, 0.3) is 5.91 Å². The SMILES string of the molecule is CC(C)CC1(Nc2cc(-c3cc(C#N)ccc3-c3nncn3C)cc(N(C)Cc3c(C=O)cc(CN4CCC5(CCC5)C4)cc3C(F)(F)F)n2)CC1.CC(C)CNc1cc(-c2cnccc2-c2ncn[nH]2)cc(N2Cc3c(cc(CN4CCCCC4)cc3C(F)(F)F)C2=O)n1. The quantitative estimate of drug-likeness (QED) is 0.0479. The summed E-state index contributed by atoms with van der Waals surface area (Å²) in [5.74, 6) is 3.15. The molecule has 4 fully saturated rings. The number of hydrogen-bond acceptors (Lipinski definition) is 15. The summed E-state index contributed by atoms with van der Waals surface area (Å²) in [6.07, 6.45) is 8.34. The van der Waals surface area contributed by atoms with Crippen molar-refractivity contribution in [1.82, 2.24) is 54.7 Å². The number of aromatic nitrogens is 9. The van der Waals surface area contributed by atoms with Gasteiger partial charge in [0.1, 0.15) is 42.2 Å². The van der Waals surface area contributed by atoms with E-state index in [1.807, 2.05) is 31.3 Å². The number of anilines is 4. The maximum Gasteiger partial charge on any atom is 0.416 e. The Labute approximate surface area is 548 Å². The molecule has 18 nitrogen and oxygen atoms in total. The molecule has 3 aromatic carbocycles. The van der Waals surface area contributed by atoms with Crippen molar-refractivity contribution in [3.05, 3.63) is 148 Å². The lowest BCUT2D eigenvalue weighted by Gasteiger charge is -2.38. The van der Waals surface area contributed by atoms with E-state index in [-0.39, 0.29) is 46.7 Å². The van der Waals surface area contributed by atoms with E-state index in [1.54, 1.807) is 71.6 Å². The lowest BCUT2D eigenvalue weighted by Crippen LogP contribution is -2.33. The van der Waals surface area contributed by atoms with Crippen LogP contribution in [0.15, 0.2) is 97.8 Å². The molecule has 2 saturated carbocycles. The Hall–Kier alpha value is -9.08. The number of rotatable bonds is 20. The Morgan fingerprint density at radius 3 is 2.16 bits per heavy atom. The molecule has 3 N–H and O–H groups in total. The van der Waals surface area contributed by atoms with Crippen molar-refractivity contribution >= 4 is 35.5 Å². The summed E-state index contributed by atoms with van der Waals surface area (Å²) in [5, 5.41) is 32.0. The molecule has 24 heteroatoms. The lowest BCUT2D eigenvalue weighted by atomic mass is 9.68. The highest BCUT2D eigenvalue weighted by atomic mass is 19.4. The van der Waals surface area contributed by atoms with Gasteiger partial charge in [-0.15, -0.1) is 10.2 Å². The number of halogens is 6. The number of nitrogens with zero attached hydrogens (tertiary/aromatic N) is 13. The van der Waals surface area contributed by atoms with Gasteiger partial charge in [0.15, 0.2) is 11.6 Å². The van der Waals surface area contributed by atoms with Gasteiger partial charge in [-0.2, -0.15) is 36.7 Å². The van der Waals surface area contributed by atoms with Gasteiger partial charge in [0.2, 0.25) is 0 Å². The van der Waals surface area contributed by atoms with Crippen molar-refractivity contribution in [2.75, 3.05) is 60.2 Å². The standard InChI is InChI=1S/C40H45F3N8O.C31H33F3N8O/c1-26(2)19-39(10-11-39)47-35-17-29(32-15-27(20-44)6-7-31(32)37-48-45-25-50(37)4)18-36(46-35)49(3)22-33-30(23-52)14-28(16-34(33)40(41,42)43)21-51-13-12-38(24-51)8-5-9-38;1-19(2)14-36-27-12-21(24-15-35-7-6-22(24)29-37-18-38-40-29)13-28(39-27)42-17-25-23(30(42)43)10-20(11-26(25)31(32,33)34)16-41-8-4-3-5-9-41/h6-7,14-18,23,25-26H,5,8-13,19,21-22,24H2,1-4H3,(H,46,47);6-7,10-13,15,18-19H,3-5,8-9,14,16-17H2,1-2H3,(H,36,39)(H,37,38,40). The minimum Gasteiger partial charge on any atom is -0.370 e. The van der Waals surface area contributed by atoms with E-state index < -0.39 is 29.4 Å². The van der Waals surface area contributed by atoms with Crippen molar-refractivity contribution in [3.63, 3.8) is 0 Å². The Kier molecular flexibility index (Phi) is 18.7. The van der Waals surface area contributed by atoms with Gasteiger partial charge in [-0.25, -0.2) is 15.0 Å². The highest BCUT2D eigenvalue weighted by Gasteiger charge is 2.45. The van der Waals surface area contributed by atoms with Gasteiger partial charge >= 0.3 is 12.4 Å². The predicted molar refractivity (Wildman–Crippen MR) is 352 cm³/mol. The van der Waals surface area contributed by atoms with E-state index in [0.29, 0.717) is 111 Å². The van der Waals surface area contributed by atoms with Gasteiger partial charge < -0.3 is 20.1 Å². The van der Waals surface area contributed by atoms with E-state index >= 15 is 0 Å². The molecule has 2 aliphatic carbocycles. The first-order valence-corrected chi connectivity index (χ1v) is 32.6. The molecule has 0 bridgehead atoms. The number of aryl methyl sites for hydroxylation is 1. The summed E-state index contributed by atoms with van der Waals surface area (Å²) in [5.41, 5.74) is 4.37. The van der Waals surface area contributed by atoms with Crippen LogP contribution in [0.2, 0.25) is 0 Å². The molecule has 8 heterocycles. The molecular formula is C71H78F6N16O2. The Morgan fingerprint density at radius 1 is 0.768 bits per heavy atom. The van der Waals surface area contributed by atoms with Crippen LogP contribution in [-0.4, -0.2) is 112 Å².